The maximum atomic E-state index is 11.5. The molecule has 30 heavy (non-hydrogen) atoms. The summed E-state index contributed by atoms with van der Waals surface area (Å²) in [5.41, 5.74) is 2.54. The number of sulfone groups is 1. The van der Waals surface area contributed by atoms with Crippen LogP contribution < -0.4 is 10.6 Å². The molecule has 0 aromatic heterocycles. The molecule has 5 nitrogen and oxygen atoms in total. The zero-order valence-corrected chi connectivity index (χ0v) is 21.2. The largest absolute Gasteiger partial charge is 0.356 e. The molecule has 2 aromatic rings. The number of hydrogen-bond acceptors (Lipinski definition) is 3. The number of aliphatic imine (C=N–C) groups is 1. The van der Waals surface area contributed by atoms with Gasteiger partial charge in [-0.05, 0) is 54.7 Å². The molecule has 8 heteroatoms. The van der Waals surface area contributed by atoms with Crippen molar-refractivity contribution in [2.24, 2.45) is 4.99 Å². The van der Waals surface area contributed by atoms with Crippen LogP contribution in [0.1, 0.15) is 30.4 Å². The van der Waals surface area contributed by atoms with Gasteiger partial charge in [0.25, 0.3) is 0 Å². The molecule has 0 unspecified atom stereocenters. The van der Waals surface area contributed by atoms with Crippen molar-refractivity contribution < 1.29 is 8.42 Å². The normalized spacial score (nSPS) is 15.6. The Labute approximate surface area is 201 Å². The van der Waals surface area contributed by atoms with E-state index < -0.39 is 9.84 Å². The number of halogens is 2. The van der Waals surface area contributed by atoms with Crippen LogP contribution in [0.2, 0.25) is 5.02 Å². The van der Waals surface area contributed by atoms with Gasteiger partial charge in [-0.3, -0.25) is 4.99 Å². The molecule has 0 aliphatic heterocycles. The molecule has 0 radical (unpaired) electrons. The van der Waals surface area contributed by atoms with E-state index in [4.69, 9.17) is 11.6 Å². The van der Waals surface area contributed by atoms with Crippen LogP contribution in [0, 0.1) is 0 Å². The maximum absolute atomic E-state index is 11.5. The van der Waals surface area contributed by atoms with Gasteiger partial charge in [0.15, 0.2) is 15.8 Å². The second kappa shape index (κ2) is 10.8. The molecule has 1 aliphatic carbocycles. The van der Waals surface area contributed by atoms with Crippen molar-refractivity contribution in [3.05, 3.63) is 64.7 Å². The summed E-state index contributed by atoms with van der Waals surface area (Å²) in [5, 5.41) is 7.57. The third kappa shape index (κ3) is 6.34. The van der Waals surface area contributed by atoms with Gasteiger partial charge < -0.3 is 10.6 Å². The molecule has 2 N–H and O–H groups in total. The van der Waals surface area contributed by atoms with Crippen molar-refractivity contribution in [1.82, 2.24) is 10.6 Å². The van der Waals surface area contributed by atoms with Gasteiger partial charge in [-0.15, -0.1) is 24.0 Å². The fraction of sp³-hybridized carbons (Fsp3) is 0.409. The Balaban J connectivity index is 0.00000320. The van der Waals surface area contributed by atoms with E-state index in [2.05, 4.69) is 27.8 Å². The predicted molar refractivity (Wildman–Crippen MR) is 135 cm³/mol. The van der Waals surface area contributed by atoms with E-state index in [9.17, 15) is 8.42 Å². The van der Waals surface area contributed by atoms with Crippen molar-refractivity contribution in [2.75, 3.05) is 26.4 Å². The van der Waals surface area contributed by atoms with Crippen molar-refractivity contribution in [3.63, 3.8) is 0 Å². The SMILES string of the molecule is CN=C(NCCc1ccc(S(C)(=O)=O)cc1)NCC1(c2ccc(Cl)cc2)CCC1.I. The smallest absolute Gasteiger partial charge is 0.191 e. The van der Waals surface area contributed by atoms with Crippen LogP contribution in [-0.4, -0.2) is 40.8 Å². The van der Waals surface area contributed by atoms with E-state index in [1.807, 2.05) is 24.3 Å². The third-order valence-electron chi connectivity index (χ3n) is 5.64. The molecule has 1 fully saturated rings. The molecular weight excluding hydrogens is 533 g/mol. The molecule has 0 saturated heterocycles. The predicted octanol–water partition coefficient (Wildman–Crippen LogP) is 4.19. The van der Waals surface area contributed by atoms with E-state index in [-0.39, 0.29) is 29.4 Å². The van der Waals surface area contributed by atoms with Crippen LogP contribution in [0.4, 0.5) is 0 Å². The minimum atomic E-state index is -3.15. The first kappa shape index (κ1) is 24.9. The van der Waals surface area contributed by atoms with Crippen LogP contribution in [0.5, 0.6) is 0 Å². The lowest BCUT2D eigenvalue weighted by molar-refractivity contribution is 0.244. The highest BCUT2D eigenvalue weighted by Crippen LogP contribution is 2.43. The van der Waals surface area contributed by atoms with E-state index in [0.717, 1.165) is 42.4 Å². The lowest BCUT2D eigenvalue weighted by Crippen LogP contribution is -2.49. The molecular formula is C22H29ClIN3O2S. The summed E-state index contributed by atoms with van der Waals surface area (Å²) < 4.78 is 23.1. The Morgan fingerprint density at radius 3 is 2.20 bits per heavy atom. The van der Waals surface area contributed by atoms with Gasteiger partial charge in [-0.2, -0.15) is 0 Å². The zero-order chi connectivity index (χ0) is 20.9. The summed E-state index contributed by atoms with van der Waals surface area (Å²) in [4.78, 5) is 4.68. The highest BCUT2D eigenvalue weighted by molar-refractivity contribution is 14.0. The first-order valence-electron chi connectivity index (χ1n) is 9.82. The van der Waals surface area contributed by atoms with Crippen molar-refractivity contribution in [1.29, 1.82) is 0 Å². The van der Waals surface area contributed by atoms with Gasteiger partial charge in [0.1, 0.15) is 0 Å². The Hall–Kier alpha value is -1.32. The zero-order valence-electron chi connectivity index (χ0n) is 17.3. The summed E-state index contributed by atoms with van der Waals surface area (Å²) in [6.07, 6.45) is 5.56. The Morgan fingerprint density at radius 2 is 1.70 bits per heavy atom. The fourth-order valence-corrected chi connectivity index (χ4v) is 4.43. The lowest BCUT2D eigenvalue weighted by Gasteiger charge is -2.43. The average Bonchev–Trinajstić information content (AvgIpc) is 2.66. The van der Waals surface area contributed by atoms with E-state index in [1.54, 1.807) is 19.2 Å². The topological polar surface area (TPSA) is 70.6 Å². The van der Waals surface area contributed by atoms with Gasteiger partial charge in [0.2, 0.25) is 0 Å². The highest BCUT2D eigenvalue weighted by atomic mass is 127. The Morgan fingerprint density at radius 1 is 1.07 bits per heavy atom. The summed E-state index contributed by atoms with van der Waals surface area (Å²) in [5.74, 6) is 0.776. The second-order valence-corrected chi connectivity index (χ2v) is 10.1. The van der Waals surface area contributed by atoms with Crippen LogP contribution in [0.15, 0.2) is 58.4 Å². The molecule has 0 atom stereocenters. The standard InChI is InChI=1S/C22H28ClN3O2S.HI/c1-24-21(25-15-12-17-4-10-20(11-5-17)29(2,27)28)26-16-22(13-3-14-22)18-6-8-19(23)9-7-18;/h4-11H,3,12-16H2,1-2H3,(H2,24,25,26);1H. The molecule has 1 aliphatic rings. The fourth-order valence-electron chi connectivity index (χ4n) is 3.68. The van der Waals surface area contributed by atoms with Gasteiger partial charge in [0.05, 0.1) is 4.90 Å². The molecule has 1 saturated carbocycles. The average molecular weight is 562 g/mol. The molecule has 0 spiro atoms. The van der Waals surface area contributed by atoms with Crippen molar-refractivity contribution in [2.45, 2.75) is 36.0 Å². The summed E-state index contributed by atoms with van der Waals surface area (Å²) in [6, 6.07) is 15.2. The van der Waals surface area contributed by atoms with Crippen molar-refractivity contribution >= 4 is 51.4 Å². The first-order valence-corrected chi connectivity index (χ1v) is 12.1. The van der Waals surface area contributed by atoms with E-state index >= 15 is 0 Å². The first-order chi connectivity index (χ1) is 13.8. The number of guanidine groups is 1. The van der Waals surface area contributed by atoms with Gasteiger partial charge in [0, 0.05) is 36.8 Å². The Kier molecular flexibility index (Phi) is 8.99. The number of nitrogens with one attached hydrogen (secondary N) is 2. The van der Waals surface area contributed by atoms with Crippen LogP contribution in [-0.2, 0) is 21.7 Å². The van der Waals surface area contributed by atoms with E-state index in [1.165, 1.54) is 18.2 Å². The summed E-state index contributed by atoms with van der Waals surface area (Å²) in [6.45, 7) is 1.54. The third-order valence-corrected chi connectivity index (χ3v) is 7.02. The van der Waals surface area contributed by atoms with Crippen LogP contribution in [0.25, 0.3) is 0 Å². The highest BCUT2D eigenvalue weighted by Gasteiger charge is 2.38. The molecule has 164 valence electrons. The monoisotopic (exact) mass is 561 g/mol. The second-order valence-electron chi connectivity index (χ2n) is 7.66. The quantitative estimate of drug-likeness (QED) is 0.302. The van der Waals surface area contributed by atoms with Crippen molar-refractivity contribution in [3.8, 4) is 0 Å². The van der Waals surface area contributed by atoms with Gasteiger partial charge in [-0.1, -0.05) is 42.3 Å². The molecule has 0 bridgehead atoms. The number of benzene rings is 2. The summed E-state index contributed by atoms with van der Waals surface area (Å²) >= 11 is 6.04. The molecule has 0 amide bonds. The number of hydrogen-bond donors (Lipinski definition) is 2. The molecule has 2 aromatic carbocycles. The van der Waals surface area contributed by atoms with Gasteiger partial charge in [-0.25, -0.2) is 8.42 Å². The summed E-state index contributed by atoms with van der Waals surface area (Å²) in [7, 11) is -1.38. The number of nitrogens with zero attached hydrogens (tertiary/aromatic N) is 1. The minimum Gasteiger partial charge on any atom is -0.356 e. The Bertz CT molecular complexity index is 957. The maximum Gasteiger partial charge on any atom is 0.191 e. The molecule has 0 heterocycles. The minimum absolute atomic E-state index is 0. The van der Waals surface area contributed by atoms with Crippen LogP contribution in [0.3, 0.4) is 0 Å². The van der Waals surface area contributed by atoms with E-state index in [0.29, 0.717) is 11.4 Å². The van der Waals surface area contributed by atoms with Crippen LogP contribution >= 0.6 is 35.6 Å². The molecule has 3 rings (SSSR count). The lowest BCUT2D eigenvalue weighted by atomic mass is 9.64. The number of rotatable bonds is 7. The van der Waals surface area contributed by atoms with Gasteiger partial charge >= 0.3 is 0 Å².